The van der Waals surface area contributed by atoms with Crippen LogP contribution in [0.4, 0.5) is 8.78 Å². The van der Waals surface area contributed by atoms with Gasteiger partial charge in [0.1, 0.15) is 5.75 Å². The van der Waals surface area contributed by atoms with Gasteiger partial charge in [0.25, 0.3) is 5.91 Å². The van der Waals surface area contributed by atoms with Gasteiger partial charge in [-0.25, -0.2) is 0 Å². The summed E-state index contributed by atoms with van der Waals surface area (Å²) in [4.78, 5) is 12.3. The van der Waals surface area contributed by atoms with Gasteiger partial charge in [-0.2, -0.15) is 8.78 Å². The summed E-state index contributed by atoms with van der Waals surface area (Å²) in [6.45, 7) is -0.253. The first-order chi connectivity index (χ1) is 11.1. The molecule has 1 aliphatic heterocycles. The standard InChI is InChI=1S/C16H22F2N2O3.ClH/c1-22-11-16(6-8-19-9-7-16)10-20-14(21)12-4-2-3-5-13(12)23-15(17)18;/h2-5,15,19H,6-11H2,1H3,(H,20,21);1H. The summed E-state index contributed by atoms with van der Waals surface area (Å²) in [6, 6.07) is 5.99. The normalized spacial score (nSPS) is 16.3. The molecule has 0 unspecified atom stereocenters. The average molecular weight is 365 g/mol. The second-order valence-corrected chi connectivity index (χ2v) is 5.74. The van der Waals surface area contributed by atoms with E-state index in [9.17, 15) is 13.6 Å². The van der Waals surface area contributed by atoms with Gasteiger partial charge in [0, 0.05) is 19.1 Å². The first kappa shape index (κ1) is 20.6. The van der Waals surface area contributed by atoms with Gasteiger partial charge < -0.3 is 20.1 Å². The molecule has 1 amide bonds. The monoisotopic (exact) mass is 364 g/mol. The maximum absolute atomic E-state index is 12.4. The van der Waals surface area contributed by atoms with Crippen LogP contribution in [0.5, 0.6) is 5.75 Å². The SMILES string of the molecule is COCC1(CNC(=O)c2ccccc2OC(F)F)CCNCC1.Cl. The summed E-state index contributed by atoms with van der Waals surface area (Å²) in [6.07, 6.45) is 1.77. The third kappa shape index (κ3) is 5.58. The van der Waals surface area contributed by atoms with E-state index in [1.54, 1.807) is 19.2 Å². The number of ether oxygens (including phenoxy) is 2. The molecular weight excluding hydrogens is 342 g/mol. The van der Waals surface area contributed by atoms with Crippen molar-refractivity contribution in [2.75, 3.05) is 33.4 Å². The number of hydrogen-bond donors (Lipinski definition) is 2. The fourth-order valence-electron chi connectivity index (χ4n) is 2.85. The summed E-state index contributed by atoms with van der Waals surface area (Å²) in [5.41, 5.74) is -0.0249. The van der Waals surface area contributed by atoms with Crippen molar-refractivity contribution in [3.8, 4) is 5.75 Å². The minimum atomic E-state index is -2.96. The van der Waals surface area contributed by atoms with Crippen molar-refractivity contribution in [2.45, 2.75) is 19.5 Å². The van der Waals surface area contributed by atoms with Crippen LogP contribution in [0.25, 0.3) is 0 Å². The third-order valence-electron chi connectivity index (χ3n) is 4.09. The molecule has 1 aliphatic rings. The predicted molar refractivity (Wildman–Crippen MR) is 89.1 cm³/mol. The Labute approximate surface area is 146 Å². The van der Waals surface area contributed by atoms with Crippen molar-refractivity contribution in [3.05, 3.63) is 29.8 Å². The van der Waals surface area contributed by atoms with Gasteiger partial charge in [-0.05, 0) is 38.1 Å². The molecule has 2 rings (SSSR count). The molecule has 0 saturated carbocycles. The molecule has 24 heavy (non-hydrogen) atoms. The predicted octanol–water partition coefficient (Wildman–Crippen LogP) is 2.46. The highest BCUT2D eigenvalue weighted by Crippen LogP contribution is 2.28. The molecule has 0 bridgehead atoms. The van der Waals surface area contributed by atoms with Crippen LogP contribution in [0.2, 0.25) is 0 Å². The van der Waals surface area contributed by atoms with Gasteiger partial charge >= 0.3 is 6.61 Å². The van der Waals surface area contributed by atoms with Crippen LogP contribution in [0, 0.1) is 5.41 Å². The molecule has 0 radical (unpaired) electrons. The van der Waals surface area contributed by atoms with E-state index >= 15 is 0 Å². The van der Waals surface area contributed by atoms with E-state index in [2.05, 4.69) is 15.4 Å². The molecular formula is C16H23ClF2N2O3. The number of carbonyl (C=O) groups is 1. The number of benzene rings is 1. The van der Waals surface area contributed by atoms with Crippen molar-refractivity contribution < 1.29 is 23.0 Å². The number of carbonyl (C=O) groups excluding carboxylic acids is 1. The largest absolute Gasteiger partial charge is 0.434 e. The fraction of sp³-hybridized carbons (Fsp3) is 0.562. The molecule has 0 aliphatic carbocycles. The Balaban J connectivity index is 0.00000288. The third-order valence-corrected chi connectivity index (χ3v) is 4.09. The van der Waals surface area contributed by atoms with E-state index in [0.29, 0.717) is 13.2 Å². The van der Waals surface area contributed by atoms with Gasteiger partial charge in [-0.15, -0.1) is 12.4 Å². The maximum atomic E-state index is 12.4. The van der Waals surface area contributed by atoms with Gasteiger partial charge in [0.05, 0.1) is 12.2 Å². The zero-order valence-electron chi connectivity index (χ0n) is 13.5. The van der Waals surface area contributed by atoms with Crippen LogP contribution in [0.15, 0.2) is 24.3 Å². The maximum Gasteiger partial charge on any atom is 0.387 e. The topological polar surface area (TPSA) is 59.6 Å². The number of piperidine rings is 1. The molecule has 0 aromatic heterocycles. The van der Waals surface area contributed by atoms with Crippen LogP contribution >= 0.6 is 12.4 Å². The quantitative estimate of drug-likeness (QED) is 0.780. The Kier molecular flexibility index (Phi) is 8.38. The minimum absolute atomic E-state index is 0. The highest BCUT2D eigenvalue weighted by Gasteiger charge is 2.32. The van der Waals surface area contributed by atoms with E-state index in [4.69, 9.17) is 4.74 Å². The molecule has 0 atom stereocenters. The van der Waals surface area contributed by atoms with Gasteiger partial charge in [0.2, 0.25) is 0 Å². The second kappa shape index (κ2) is 9.76. The highest BCUT2D eigenvalue weighted by molar-refractivity contribution is 5.96. The Bertz CT molecular complexity index is 520. The Morgan fingerprint density at radius 1 is 1.33 bits per heavy atom. The highest BCUT2D eigenvalue weighted by atomic mass is 35.5. The van der Waals surface area contributed by atoms with Crippen LogP contribution in [-0.4, -0.2) is 45.9 Å². The minimum Gasteiger partial charge on any atom is -0.434 e. The fourth-order valence-corrected chi connectivity index (χ4v) is 2.85. The number of nitrogens with one attached hydrogen (secondary N) is 2. The molecule has 1 aromatic rings. The van der Waals surface area contributed by atoms with Crippen molar-refractivity contribution in [3.63, 3.8) is 0 Å². The van der Waals surface area contributed by atoms with Gasteiger partial charge in [0.15, 0.2) is 0 Å². The molecule has 0 spiro atoms. The molecule has 1 heterocycles. The molecule has 1 saturated heterocycles. The van der Waals surface area contributed by atoms with E-state index in [1.165, 1.54) is 12.1 Å². The molecule has 136 valence electrons. The van der Waals surface area contributed by atoms with Crippen molar-refractivity contribution in [1.29, 1.82) is 0 Å². The number of halogens is 3. The summed E-state index contributed by atoms with van der Waals surface area (Å²) in [5, 5.41) is 6.11. The van der Waals surface area contributed by atoms with Crippen molar-refractivity contribution >= 4 is 18.3 Å². The lowest BCUT2D eigenvalue weighted by atomic mass is 9.79. The second-order valence-electron chi connectivity index (χ2n) is 5.74. The summed E-state index contributed by atoms with van der Waals surface area (Å²) in [7, 11) is 1.64. The smallest absolute Gasteiger partial charge is 0.387 e. The molecule has 1 fully saturated rings. The number of para-hydroxylation sites is 1. The number of rotatable bonds is 7. The van der Waals surface area contributed by atoms with Crippen LogP contribution in [0.1, 0.15) is 23.2 Å². The number of methoxy groups -OCH3 is 1. The zero-order chi connectivity index (χ0) is 16.7. The zero-order valence-corrected chi connectivity index (χ0v) is 14.3. The number of amides is 1. The Morgan fingerprint density at radius 3 is 2.62 bits per heavy atom. The first-order valence-corrected chi connectivity index (χ1v) is 7.58. The van der Waals surface area contributed by atoms with Crippen molar-refractivity contribution in [2.24, 2.45) is 5.41 Å². The summed E-state index contributed by atoms with van der Waals surface area (Å²) < 4.78 is 34.5. The molecule has 5 nitrogen and oxygen atoms in total. The van der Waals surface area contributed by atoms with Crippen LogP contribution in [0.3, 0.4) is 0 Å². The summed E-state index contributed by atoms with van der Waals surface area (Å²) in [5.74, 6) is -0.540. The lowest BCUT2D eigenvalue weighted by Crippen LogP contribution is -2.47. The number of hydrogen-bond acceptors (Lipinski definition) is 4. The Morgan fingerprint density at radius 2 is 2.00 bits per heavy atom. The lowest BCUT2D eigenvalue weighted by Gasteiger charge is -2.37. The molecule has 1 aromatic carbocycles. The van der Waals surface area contributed by atoms with Crippen LogP contribution in [-0.2, 0) is 4.74 Å². The van der Waals surface area contributed by atoms with Gasteiger partial charge in [-0.3, -0.25) is 4.79 Å². The van der Waals surface area contributed by atoms with Gasteiger partial charge in [-0.1, -0.05) is 12.1 Å². The summed E-state index contributed by atoms with van der Waals surface area (Å²) >= 11 is 0. The van der Waals surface area contributed by atoms with E-state index < -0.39 is 12.5 Å². The van der Waals surface area contributed by atoms with Crippen molar-refractivity contribution in [1.82, 2.24) is 10.6 Å². The average Bonchev–Trinajstić information content (AvgIpc) is 2.54. The molecule has 8 heteroatoms. The van der Waals surface area contributed by atoms with E-state index in [1.807, 2.05) is 0 Å². The first-order valence-electron chi connectivity index (χ1n) is 7.58. The number of alkyl halides is 2. The van der Waals surface area contributed by atoms with Crippen LogP contribution < -0.4 is 15.4 Å². The lowest BCUT2D eigenvalue weighted by molar-refractivity contribution is -0.0501. The van der Waals surface area contributed by atoms with E-state index in [-0.39, 0.29) is 29.1 Å². The molecule has 2 N–H and O–H groups in total. The Hall–Kier alpha value is -1.44. The van der Waals surface area contributed by atoms with E-state index in [0.717, 1.165) is 25.9 Å².